The molecule has 2 atom stereocenters. The summed E-state index contributed by atoms with van der Waals surface area (Å²) in [7, 11) is 0. The Balaban J connectivity index is 1.58. The summed E-state index contributed by atoms with van der Waals surface area (Å²) in [5.74, 6) is 0. The van der Waals surface area contributed by atoms with E-state index in [0.29, 0.717) is 6.54 Å². The second kappa shape index (κ2) is 7.84. The van der Waals surface area contributed by atoms with Gasteiger partial charge in [0.25, 0.3) is 0 Å². The Morgan fingerprint density at radius 2 is 2.00 bits per heavy atom. The van der Waals surface area contributed by atoms with Crippen molar-refractivity contribution < 1.29 is 4.79 Å². The predicted octanol–water partition coefficient (Wildman–Crippen LogP) is 2.89. The smallest absolute Gasteiger partial charge is 0.320 e. The molecule has 0 aromatic carbocycles. The van der Waals surface area contributed by atoms with Crippen LogP contribution in [0.4, 0.5) is 4.79 Å². The molecule has 0 saturated carbocycles. The zero-order valence-electron chi connectivity index (χ0n) is 12.8. The van der Waals surface area contributed by atoms with Gasteiger partial charge >= 0.3 is 6.03 Å². The molecule has 2 bridgehead atoms. The molecule has 118 valence electrons. The maximum Gasteiger partial charge on any atom is 0.320 e. The molecule has 0 aliphatic carbocycles. The van der Waals surface area contributed by atoms with Crippen LogP contribution in [0.3, 0.4) is 0 Å². The first-order valence-corrected chi connectivity index (χ1v) is 8.60. The molecule has 2 aliphatic heterocycles. The largest absolute Gasteiger partial charge is 0.338 e. The molecule has 0 spiro atoms. The number of rotatable bonds is 5. The number of nitrogens with one attached hydrogen (secondary N) is 3. The first-order chi connectivity index (χ1) is 10.1. The third-order valence-electron chi connectivity index (χ3n) is 4.23. The molecule has 2 fully saturated rings. The molecule has 5 nitrogen and oxygen atoms in total. The highest BCUT2D eigenvalue weighted by Gasteiger charge is 2.35. The van der Waals surface area contributed by atoms with Gasteiger partial charge in [-0.15, -0.1) is 0 Å². The van der Waals surface area contributed by atoms with Crippen LogP contribution in [0.1, 0.15) is 45.4 Å². The van der Waals surface area contributed by atoms with E-state index in [1.807, 2.05) is 6.92 Å². The summed E-state index contributed by atoms with van der Waals surface area (Å²) in [5, 5.41) is 13.0. The summed E-state index contributed by atoms with van der Waals surface area (Å²) in [6.45, 7) is 7.24. The van der Waals surface area contributed by atoms with Crippen molar-refractivity contribution in [1.82, 2.24) is 15.5 Å². The number of amides is 2. The second-order valence-corrected chi connectivity index (χ2v) is 7.23. The minimum Gasteiger partial charge on any atom is -0.338 e. The van der Waals surface area contributed by atoms with E-state index in [4.69, 9.17) is 5.41 Å². The first kappa shape index (κ1) is 16.4. The lowest BCUT2D eigenvalue weighted by Gasteiger charge is -2.34. The molecule has 2 unspecified atom stereocenters. The van der Waals surface area contributed by atoms with Crippen LogP contribution in [-0.2, 0) is 0 Å². The Morgan fingerprint density at radius 3 is 2.62 bits per heavy atom. The third-order valence-corrected chi connectivity index (χ3v) is 4.88. The number of fused-ring (bicyclic) bond motifs is 2. The molecule has 3 N–H and O–H groups in total. The number of carbonyl (C=O) groups is 1. The standard InChI is InChI=1S/C15H26N4OS/c1-11(2)21-14(16)18-15(20)17-9-4-10-19-12-5-3-6-13(19)8-7-12/h12-13H,1,3-10H2,2H3,(H3,16,17,18,20). The molecule has 0 aromatic heterocycles. The van der Waals surface area contributed by atoms with Gasteiger partial charge in [0.15, 0.2) is 5.17 Å². The maximum absolute atomic E-state index is 11.6. The van der Waals surface area contributed by atoms with Crippen molar-refractivity contribution in [2.24, 2.45) is 0 Å². The number of hydrogen-bond acceptors (Lipinski definition) is 4. The Bertz CT molecular complexity index is 396. The fourth-order valence-electron chi connectivity index (χ4n) is 3.40. The van der Waals surface area contributed by atoms with Crippen LogP contribution in [0, 0.1) is 5.41 Å². The number of hydrogen-bond donors (Lipinski definition) is 3. The number of thioether (sulfide) groups is 1. The number of piperidine rings is 1. The van der Waals surface area contributed by atoms with E-state index < -0.39 is 0 Å². The maximum atomic E-state index is 11.6. The fourth-order valence-corrected chi connectivity index (χ4v) is 3.89. The molecule has 0 aromatic rings. The van der Waals surface area contributed by atoms with E-state index in [0.717, 1.165) is 41.7 Å². The average Bonchev–Trinajstić information content (AvgIpc) is 2.63. The number of allylic oxidation sites excluding steroid dienone is 1. The molecule has 2 aliphatic rings. The van der Waals surface area contributed by atoms with Crippen molar-refractivity contribution in [3.05, 3.63) is 11.5 Å². The topological polar surface area (TPSA) is 68.2 Å². The van der Waals surface area contributed by atoms with Crippen LogP contribution < -0.4 is 10.6 Å². The monoisotopic (exact) mass is 310 g/mol. The molecule has 2 amide bonds. The summed E-state index contributed by atoms with van der Waals surface area (Å²) in [6.07, 6.45) is 7.76. The van der Waals surface area contributed by atoms with E-state index in [9.17, 15) is 4.79 Å². The zero-order valence-corrected chi connectivity index (χ0v) is 13.6. The van der Waals surface area contributed by atoms with Crippen molar-refractivity contribution in [2.45, 2.75) is 57.5 Å². The van der Waals surface area contributed by atoms with Gasteiger partial charge in [0.2, 0.25) is 0 Å². The molecular formula is C15H26N4OS. The second-order valence-electron chi connectivity index (χ2n) is 5.92. The predicted molar refractivity (Wildman–Crippen MR) is 88.7 cm³/mol. The molecule has 21 heavy (non-hydrogen) atoms. The van der Waals surface area contributed by atoms with Crippen molar-refractivity contribution in [2.75, 3.05) is 13.1 Å². The highest BCUT2D eigenvalue weighted by atomic mass is 32.2. The first-order valence-electron chi connectivity index (χ1n) is 7.79. The summed E-state index contributed by atoms with van der Waals surface area (Å²) in [6, 6.07) is 1.28. The molecule has 2 saturated heterocycles. The lowest BCUT2D eigenvalue weighted by atomic mass is 10.0. The fraction of sp³-hybridized carbons (Fsp3) is 0.733. The van der Waals surface area contributed by atoms with Crippen molar-refractivity contribution in [1.29, 1.82) is 5.41 Å². The summed E-state index contributed by atoms with van der Waals surface area (Å²) in [5.41, 5.74) is 0. The van der Waals surface area contributed by atoms with Crippen LogP contribution in [0.5, 0.6) is 0 Å². The van der Waals surface area contributed by atoms with Gasteiger partial charge in [-0.25, -0.2) is 4.79 Å². The van der Waals surface area contributed by atoms with Gasteiger partial charge in [-0.05, 0) is 43.9 Å². The Kier molecular flexibility index (Phi) is 6.11. The summed E-state index contributed by atoms with van der Waals surface area (Å²) < 4.78 is 0. The molecule has 6 heteroatoms. The van der Waals surface area contributed by atoms with E-state index >= 15 is 0 Å². The van der Waals surface area contributed by atoms with Crippen molar-refractivity contribution in [3.63, 3.8) is 0 Å². The van der Waals surface area contributed by atoms with E-state index in [1.165, 1.54) is 32.1 Å². The lowest BCUT2D eigenvalue weighted by Crippen LogP contribution is -2.42. The minimum absolute atomic E-state index is 0.120. The van der Waals surface area contributed by atoms with E-state index in [2.05, 4.69) is 22.1 Å². The van der Waals surface area contributed by atoms with Gasteiger partial charge in [-0.3, -0.25) is 15.6 Å². The average molecular weight is 310 g/mol. The number of amidine groups is 1. The van der Waals surface area contributed by atoms with E-state index in [1.54, 1.807) is 0 Å². The van der Waals surface area contributed by atoms with E-state index in [-0.39, 0.29) is 11.2 Å². The molecular weight excluding hydrogens is 284 g/mol. The highest BCUT2D eigenvalue weighted by Crippen LogP contribution is 2.35. The quantitative estimate of drug-likeness (QED) is 0.415. The van der Waals surface area contributed by atoms with Crippen molar-refractivity contribution >= 4 is 23.0 Å². The molecule has 2 heterocycles. The Labute approximate surface area is 131 Å². The lowest BCUT2D eigenvalue weighted by molar-refractivity contribution is 0.139. The Hall–Kier alpha value is -1.01. The molecule has 2 rings (SSSR count). The van der Waals surface area contributed by atoms with Crippen LogP contribution in [0.25, 0.3) is 0 Å². The summed E-state index contributed by atoms with van der Waals surface area (Å²) >= 11 is 1.16. The number of carbonyl (C=O) groups excluding carboxylic acids is 1. The van der Waals surface area contributed by atoms with Gasteiger partial charge in [-0.1, -0.05) is 24.8 Å². The normalized spacial score (nSPS) is 24.6. The van der Waals surface area contributed by atoms with Crippen LogP contribution >= 0.6 is 11.8 Å². The summed E-state index contributed by atoms with van der Waals surface area (Å²) in [4.78, 5) is 15.0. The zero-order chi connectivity index (χ0) is 15.2. The van der Waals surface area contributed by atoms with Crippen LogP contribution in [0.2, 0.25) is 0 Å². The van der Waals surface area contributed by atoms with Gasteiger partial charge in [0.1, 0.15) is 0 Å². The van der Waals surface area contributed by atoms with Crippen LogP contribution in [-0.4, -0.2) is 41.3 Å². The van der Waals surface area contributed by atoms with Gasteiger partial charge in [-0.2, -0.15) is 0 Å². The number of nitrogens with zero attached hydrogens (tertiary/aromatic N) is 1. The Morgan fingerprint density at radius 1 is 1.33 bits per heavy atom. The van der Waals surface area contributed by atoms with Gasteiger partial charge in [0, 0.05) is 25.2 Å². The van der Waals surface area contributed by atoms with Gasteiger partial charge < -0.3 is 5.32 Å². The van der Waals surface area contributed by atoms with Crippen molar-refractivity contribution in [3.8, 4) is 0 Å². The minimum atomic E-state index is -0.296. The van der Waals surface area contributed by atoms with Gasteiger partial charge in [0.05, 0.1) is 0 Å². The highest BCUT2D eigenvalue weighted by molar-refractivity contribution is 8.17. The van der Waals surface area contributed by atoms with Crippen LogP contribution in [0.15, 0.2) is 11.5 Å². The number of urea groups is 1. The third kappa shape index (κ3) is 5.04. The SMILES string of the molecule is C=C(C)SC(=N)NC(=O)NCCCN1C2CCCC1CC2. The molecule has 0 radical (unpaired) electrons.